The maximum Gasteiger partial charge on any atom is 0.119 e. The fourth-order valence-corrected chi connectivity index (χ4v) is 3.03. The number of nitrogens with zero attached hydrogens (tertiary/aromatic N) is 1. The number of para-hydroxylation sites is 1. The van der Waals surface area contributed by atoms with E-state index in [-0.39, 0.29) is 0 Å². The molecule has 3 nitrogen and oxygen atoms in total. The van der Waals surface area contributed by atoms with Crippen LogP contribution < -0.4 is 10.1 Å². The molecule has 0 fully saturated rings. The molecule has 0 aliphatic carbocycles. The molecule has 0 bridgehead atoms. The summed E-state index contributed by atoms with van der Waals surface area (Å²) in [6.45, 7) is 4.27. The summed E-state index contributed by atoms with van der Waals surface area (Å²) in [5.74, 6) is 1.19. The molecule has 0 spiro atoms. The van der Waals surface area contributed by atoms with E-state index in [9.17, 15) is 5.26 Å². The van der Waals surface area contributed by atoms with Gasteiger partial charge in [0.2, 0.25) is 0 Å². The van der Waals surface area contributed by atoms with E-state index in [4.69, 9.17) is 4.74 Å². The van der Waals surface area contributed by atoms with Gasteiger partial charge in [-0.1, -0.05) is 43.8 Å². The van der Waals surface area contributed by atoms with Crippen molar-refractivity contribution >= 4 is 17.4 Å². The van der Waals surface area contributed by atoms with Crippen LogP contribution in [-0.4, -0.2) is 7.11 Å². The zero-order chi connectivity index (χ0) is 16.7. The van der Waals surface area contributed by atoms with Crippen molar-refractivity contribution in [2.45, 2.75) is 24.7 Å². The topological polar surface area (TPSA) is 45.0 Å². The SMILES string of the molecule is COc1ccc(S/C(C#N)=C/Nc2ccccc2)c(C(C)C)c1. The Kier molecular flexibility index (Phi) is 6.13. The maximum atomic E-state index is 9.39. The van der Waals surface area contributed by atoms with Gasteiger partial charge in [0.25, 0.3) is 0 Å². The van der Waals surface area contributed by atoms with Gasteiger partial charge in [0.15, 0.2) is 0 Å². The van der Waals surface area contributed by atoms with Crippen LogP contribution in [0.1, 0.15) is 25.3 Å². The van der Waals surface area contributed by atoms with E-state index >= 15 is 0 Å². The van der Waals surface area contributed by atoms with Crippen LogP contribution in [0.5, 0.6) is 5.75 Å². The van der Waals surface area contributed by atoms with Gasteiger partial charge in [-0.05, 0) is 41.8 Å². The lowest BCUT2D eigenvalue weighted by Gasteiger charge is -2.13. The Morgan fingerprint density at radius 2 is 1.96 bits per heavy atom. The number of nitriles is 1. The van der Waals surface area contributed by atoms with Crippen LogP contribution in [-0.2, 0) is 0 Å². The quantitative estimate of drug-likeness (QED) is 0.572. The molecule has 0 heterocycles. The van der Waals surface area contributed by atoms with E-state index in [1.54, 1.807) is 13.3 Å². The van der Waals surface area contributed by atoms with E-state index in [0.29, 0.717) is 10.8 Å². The Labute approximate surface area is 142 Å². The number of hydrogen-bond donors (Lipinski definition) is 1. The highest BCUT2D eigenvalue weighted by Gasteiger charge is 2.11. The summed E-state index contributed by atoms with van der Waals surface area (Å²) in [6.07, 6.45) is 1.74. The number of methoxy groups -OCH3 is 1. The molecular formula is C19H20N2OS. The normalized spacial score (nSPS) is 11.2. The Balaban J connectivity index is 2.20. The highest BCUT2D eigenvalue weighted by molar-refractivity contribution is 8.03. The first-order chi connectivity index (χ1) is 11.1. The molecule has 2 rings (SSSR count). The predicted molar refractivity (Wildman–Crippen MR) is 96.7 cm³/mol. The largest absolute Gasteiger partial charge is 0.497 e. The van der Waals surface area contributed by atoms with E-state index in [1.165, 1.54) is 17.3 Å². The molecule has 0 aromatic heterocycles. The highest BCUT2D eigenvalue weighted by atomic mass is 32.2. The molecule has 0 atom stereocenters. The second-order valence-electron chi connectivity index (χ2n) is 5.29. The highest BCUT2D eigenvalue weighted by Crippen LogP contribution is 2.35. The lowest BCUT2D eigenvalue weighted by Crippen LogP contribution is -1.94. The molecular weight excluding hydrogens is 304 g/mol. The van der Waals surface area contributed by atoms with E-state index in [0.717, 1.165) is 16.3 Å². The number of nitrogens with one attached hydrogen (secondary N) is 1. The minimum atomic E-state index is 0.356. The van der Waals surface area contributed by atoms with Crippen LogP contribution in [0.15, 0.2) is 64.5 Å². The van der Waals surface area contributed by atoms with Crippen molar-refractivity contribution in [2.75, 3.05) is 12.4 Å². The van der Waals surface area contributed by atoms with Gasteiger partial charge in [-0.15, -0.1) is 0 Å². The van der Waals surface area contributed by atoms with Gasteiger partial charge in [0, 0.05) is 16.8 Å². The summed E-state index contributed by atoms with van der Waals surface area (Å²) < 4.78 is 5.30. The van der Waals surface area contributed by atoms with Crippen LogP contribution in [0.25, 0.3) is 0 Å². The van der Waals surface area contributed by atoms with Crippen LogP contribution in [0.2, 0.25) is 0 Å². The Morgan fingerprint density at radius 1 is 1.22 bits per heavy atom. The van der Waals surface area contributed by atoms with E-state index in [2.05, 4.69) is 25.2 Å². The molecule has 23 heavy (non-hydrogen) atoms. The molecule has 2 aromatic rings. The summed E-state index contributed by atoms with van der Waals surface area (Å²) >= 11 is 1.46. The standard InChI is InChI=1S/C19H20N2OS/c1-14(2)18-11-16(22-3)9-10-19(18)23-17(12-20)13-21-15-7-5-4-6-8-15/h4-11,13-14,21H,1-3H3/b17-13+. The van der Waals surface area contributed by atoms with Crippen molar-refractivity contribution in [3.63, 3.8) is 0 Å². The van der Waals surface area contributed by atoms with Gasteiger partial charge in [-0.25, -0.2) is 0 Å². The molecule has 0 saturated heterocycles. The molecule has 2 aromatic carbocycles. The van der Waals surface area contributed by atoms with Crippen molar-refractivity contribution in [3.8, 4) is 11.8 Å². The number of ether oxygens (including phenoxy) is 1. The van der Waals surface area contributed by atoms with Gasteiger partial charge in [0.1, 0.15) is 16.7 Å². The van der Waals surface area contributed by atoms with Crippen molar-refractivity contribution in [1.82, 2.24) is 0 Å². The second-order valence-corrected chi connectivity index (χ2v) is 6.38. The first kappa shape index (κ1) is 17.0. The maximum absolute atomic E-state index is 9.39. The minimum absolute atomic E-state index is 0.356. The van der Waals surface area contributed by atoms with E-state index < -0.39 is 0 Å². The molecule has 4 heteroatoms. The summed E-state index contributed by atoms with van der Waals surface area (Å²) in [5, 5.41) is 12.5. The molecule has 0 radical (unpaired) electrons. The van der Waals surface area contributed by atoms with E-state index in [1.807, 2.05) is 48.5 Å². The van der Waals surface area contributed by atoms with Gasteiger partial charge in [-0.2, -0.15) is 5.26 Å². The summed E-state index contributed by atoms with van der Waals surface area (Å²) in [6, 6.07) is 18.0. The minimum Gasteiger partial charge on any atom is -0.497 e. The number of hydrogen-bond acceptors (Lipinski definition) is 4. The Bertz CT molecular complexity index is 718. The molecule has 0 aliphatic heterocycles. The predicted octanol–water partition coefficient (Wildman–Crippen LogP) is 5.39. The lowest BCUT2D eigenvalue weighted by molar-refractivity contribution is 0.413. The second kappa shape index (κ2) is 8.30. The number of allylic oxidation sites excluding steroid dienone is 1. The number of anilines is 1. The third-order valence-electron chi connectivity index (χ3n) is 3.31. The van der Waals surface area contributed by atoms with Crippen molar-refractivity contribution in [1.29, 1.82) is 5.26 Å². The van der Waals surface area contributed by atoms with Gasteiger partial charge in [-0.3, -0.25) is 0 Å². The zero-order valence-corrected chi connectivity index (χ0v) is 14.4. The van der Waals surface area contributed by atoms with Gasteiger partial charge < -0.3 is 10.1 Å². The molecule has 0 saturated carbocycles. The van der Waals surface area contributed by atoms with Gasteiger partial charge >= 0.3 is 0 Å². The zero-order valence-electron chi connectivity index (χ0n) is 13.5. The van der Waals surface area contributed by atoms with Crippen LogP contribution in [0.3, 0.4) is 0 Å². The van der Waals surface area contributed by atoms with Crippen LogP contribution >= 0.6 is 11.8 Å². The Hall–Kier alpha value is -2.38. The smallest absolute Gasteiger partial charge is 0.119 e. The van der Waals surface area contributed by atoms with Crippen molar-refractivity contribution < 1.29 is 4.74 Å². The first-order valence-electron chi connectivity index (χ1n) is 7.41. The molecule has 118 valence electrons. The fourth-order valence-electron chi connectivity index (χ4n) is 2.08. The third kappa shape index (κ3) is 4.80. The number of thioether (sulfide) groups is 1. The Morgan fingerprint density at radius 3 is 2.57 bits per heavy atom. The molecule has 1 N–H and O–H groups in total. The summed E-state index contributed by atoms with van der Waals surface area (Å²) in [7, 11) is 1.66. The molecule has 0 unspecified atom stereocenters. The van der Waals surface area contributed by atoms with Crippen LogP contribution in [0, 0.1) is 11.3 Å². The van der Waals surface area contributed by atoms with Crippen molar-refractivity contribution in [3.05, 3.63) is 65.2 Å². The van der Waals surface area contributed by atoms with Crippen molar-refractivity contribution in [2.24, 2.45) is 0 Å². The van der Waals surface area contributed by atoms with Gasteiger partial charge in [0.05, 0.1) is 7.11 Å². The monoisotopic (exact) mass is 324 g/mol. The summed E-state index contributed by atoms with van der Waals surface area (Å²) in [5.41, 5.74) is 2.13. The summed E-state index contributed by atoms with van der Waals surface area (Å²) in [4.78, 5) is 1.68. The number of benzene rings is 2. The first-order valence-corrected chi connectivity index (χ1v) is 8.23. The molecule has 0 amide bonds. The number of rotatable bonds is 6. The van der Waals surface area contributed by atoms with Crippen LogP contribution in [0.4, 0.5) is 5.69 Å². The third-order valence-corrected chi connectivity index (χ3v) is 4.33. The lowest BCUT2D eigenvalue weighted by atomic mass is 10.0. The average Bonchev–Trinajstić information content (AvgIpc) is 2.59. The fraction of sp³-hybridized carbons (Fsp3) is 0.211. The average molecular weight is 324 g/mol. The molecule has 0 aliphatic rings.